The Balaban J connectivity index is 0.000000380. The number of carbonyl (C=O) groups is 2. The van der Waals surface area contributed by atoms with Crippen molar-refractivity contribution in [3.63, 3.8) is 0 Å². The molecule has 0 aromatic heterocycles. The van der Waals surface area contributed by atoms with Gasteiger partial charge in [-0.25, -0.2) is 13.1 Å². The van der Waals surface area contributed by atoms with Crippen LogP contribution in [0.1, 0.15) is 81.3 Å². The van der Waals surface area contributed by atoms with Gasteiger partial charge < -0.3 is 24.4 Å². The molecule has 1 saturated carbocycles. The van der Waals surface area contributed by atoms with E-state index in [0.29, 0.717) is 36.9 Å². The zero-order valence-corrected chi connectivity index (χ0v) is 35.5. The summed E-state index contributed by atoms with van der Waals surface area (Å²) < 4.78 is 46.4. The fourth-order valence-corrected chi connectivity index (χ4v) is 10.8. The summed E-state index contributed by atoms with van der Waals surface area (Å²) in [5.74, 6) is -0.203. The second-order valence-electron chi connectivity index (χ2n) is 17.2. The smallest absolute Gasteiger partial charge is 0.264 e. The average molecular weight is 814 g/mol. The molecule has 1 spiro atoms. The first-order valence-corrected chi connectivity index (χ1v) is 22.1. The van der Waals surface area contributed by atoms with Gasteiger partial charge in [0.1, 0.15) is 11.4 Å². The van der Waals surface area contributed by atoms with Crippen molar-refractivity contribution in [2.75, 3.05) is 71.6 Å². The summed E-state index contributed by atoms with van der Waals surface area (Å²) in [6.07, 6.45) is 9.65. The molecule has 2 N–H and O–H groups in total. The molecular formula is C43H61ClN4O7S. The Kier molecular flexibility index (Phi) is 13.3. The predicted molar refractivity (Wildman–Crippen MR) is 221 cm³/mol. The number of sulfonamides is 1. The van der Waals surface area contributed by atoms with Crippen LogP contribution in [0.3, 0.4) is 0 Å². The largest absolute Gasteiger partial charge is 0.490 e. The fraction of sp³-hybridized carbons (Fsp3) is 0.628. The van der Waals surface area contributed by atoms with Crippen molar-refractivity contribution in [3.05, 3.63) is 70.3 Å². The number of ether oxygens (including phenoxy) is 3. The van der Waals surface area contributed by atoms with E-state index in [0.717, 1.165) is 76.9 Å². The van der Waals surface area contributed by atoms with Crippen molar-refractivity contribution < 1.29 is 32.2 Å². The molecule has 1 saturated heterocycles. The molecule has 0 unspecified atom stereocenters. The topological polar surface area (TPSA) is 127 Å². The highest BCUT2D eigenvalue weighted by atomic mass is 35.5. The van der Waals surface area contributed by atoms with Gasteiger partial charge in [-0.15, -0.1) is 0 Å². The highest BCUT2D eigenvalue weighted by Gasteiger charge is 2.49. The van der Waals surface area contributed by atoms with E-state index < -0.39 is 26.8 Å². The van der Waals surface area contributed by atoms with Gasteiger partial charge in [0.25, 0.3) is 5.91 Å². The van der Waals surface area contributed by atoms with E-state index in [9.17, 15) is 18.0 Å². The SMILES string of the molecule is COCCN1CCNCC1(C)C.CO[C@@]1(C=O)/C=C/C[C@H](C)[C@@H](C)S(=O)(=O)NC(=O)c2ccc3c(c2)N(C[C@@H]2CC[C@H]21)C[C@@]1(CCCc2cc(Cl)ccc21)CO3. The van der Waals surface area contributed by atoms with Gasteiger partial charge in [-0.3, -0.25) is 14.5 Å². The zero-order chi connectivity index (χ0) is 40.3. The molecule has 2 bridgehead atoms. The molecule has 308 valence electrons. The molecule has 13 heteroatoms. The number of hydrogen-bond donors (Lipinski definition) is 2. The van der Waals surface area contributed by atoms with Crippen LogP contribution in [0, 0.1) is 17.8 Å². The highest BCUT2D eigenvalue weighted by Crippen LogP contribution is 2.48. The Hall–Kier alpha value is -3.00. The van der Waals surface area contributed by atoms with Gasteiger partial charge in [-0.1, -0.05) is 30.7 Å². The van der Waals surface area contributed by atoms with Crippen molar-refractivity contribution in [1.29, 1.82) is 0 Å². The molecule has 1 amide bonds. The van der Waals surface area contributed by atoms with Crippen LogP contribution in [0.5, 0.6) is 5.75 Å². The lowest BCUT2D eigenvalue weighted by atomic mass is 9.64. The second-order valence-corrected chi connectivity index (χ2v) is 19.6. The summed E-state index contributed by atoms with van der Waals surface area (Å²) in [7, 11) is -0.647. The number of nitrogens with zero attached hydrogens (tertiary/aromatic N) is 2. The minimum absolute atomic E-state index is 0.0434. The van der Waals surface area contributed by atoms with Crippen LogP contribution in [0.25, 0.3) is 0 Å². The number of aryl methyl sites for hydroxylation is 1. The standard InChI is InChI=1S/C34H41ClN2O6S.C9H20N2O/c1-22-6-4-15-34(20-38,42-3)29-11-8-26(29)18-37-19-33(14-5-7-24-16-27(35)10-12-28(24)33)21-43-31-13-9-25(17-30(31)37)32(39)36-44(40,41)23(22)2;1-9(2)8-10-4-5-11(9)6-7-12-3/h4,9-10,12-13,15-17,20,22-23,26,29H,5-8,11,14,18-19,21H2,1-3H3,(H,36,39);10H,4-8H2,1-3H3/b15-4+;/t22-,23+,26-,29+,33-,34+;/m0./s1. The second kappa shape index (κ2) is 17.5. The molecule has 2 aromatic carbocycles. The quantitative estimate of drug-likeness (QED) is 0.284. The van der Waals surface area contributed by atoms with Crippen molar-refractivity contribution in [3.8, 4) is 5.75 Å². The van der Waals surface area contributed by atoms with E-state index in [1.165, 1.54) is 11.1 Å². The first-order chi connectivity index (χ1) is 26.7. The Labute approximate surface area is 338 Å². The first-order valence-electron chi connectivity index (χ1n) is 20.2. The lowest BCUT2D eigenvalue weighted by Gasteiger charge is -2.48. The van der Waals surface area contributed by atoms with Crippen LogP contribution < -0.4 is 19.7 Å². The molecule has 6 atom stereocenters. The van der Waals surface area contributed by atoms with Crippen LogP contribution >= 0.6 is 11.6 Å². The van der Waals surface area contributed by atoms with Crippen molar-refractivity contribution in [2.45, 2.75) is 88.0 Å². The molecule has 11 nitrogen and oxygen atoms in total. The molecular weight excluding hydrogens is 752 g/mol. The number of nitrogens with one attached hydrogen (secondary N) is 2. The third-order valence-electron chi connectivity index (χ3n) is 13.2. The molecule has 2 aromatic rings. The molecule has 0 radical (unpaired) electrons. The highest BCUT2D eigenvalue weighted by molar-refractivity contribution is 7.90. The minimum atomic E-state index is -3.97. The minimum Gasteiger partial charge on any atom is -0.490 e. The van der Waals surface area contributed by atoms with E-state index >= 15 is 0 Å². The van der Waals surface area contributed by atoms with Crippen LogP contribution in [-0.4, -0.2) is 109 Å². The molecule has 2 aliphatic carbocycles. The molecule has 7 rings (SSSR count). The number of carbonyl (C=O) groups excluding carboxylic acids is 2. The van der Waals surface area contributed by atoms with E-state index in [-0.39, 0.29) is 34.3 Å². The molecule has 2 fully saturated rings. The Morgan fingerprint density at radius 1 is 1.11 bits per heavy atom. The maximum Gasteiger partial charge on any atom is 0.264 e. The molecule has 3 aliphatic heterocycles. The number of benzene rings is 2. The lowest BCUT2D eigenvalue weighted by Crippen LogP contribution is -2.58. The van der Waals surface area contributed by atoms with Gasteiger partial charge in [0, 0.05) is 80.9 Å². The molecule has 56 heavy (non-hydrogen) atoms. The summed E-state index contributed by atoms with van der Waals surface area (Å²) >= 11 is 6.40. The number of anilines is 1. The first kappa shape index (κ1) is 42.6. The summed E-state index contributed by atoms with van der Waals surface area (Å²) in [6, 6.07) is 11.3. The Morgan fingerprint density at radius 2 is 1.91 bits per heavy atom. The van der Waals surface area contributed by atoms with Gasteiger partial charge in [0.15, 0.2) is 6.29 Å². The monoisotopic (exact) mass is 812 g/mol. The van der Waals surface area contributed by atoms with E-state index in [1.54, 1.807) is 39.3 Å². The third kappa shape index (κ3) is 8.85. The summed E-state index contributed by atoms with van der Waals surface area (Å²) in [5, 5.41) is 3.28. The number of amides is 1. The Bertz CT molecular complexity index is 1870. The number of rotatable bonds is 5. The van der Waals surface area contributed by atoms with Crippen LogP contribution in [0.15, 0.2) is 48.6 Å². The lowest BCUT2D eigenvalue weighted by molar-refractivity contribution is -0.135. The van der Waals surface area contributed by atoms with Crippen molar-refractivity contribution in [1.82, 2.24) is 14.9 Å². The third-order valence-corrected chi connectivity index (χ3v) is 15.4. The number of halogens is 1. The van der Waals surface area contributed by atoms with E-state index in [4.69, 9.17) is 25.8 Å². The maximum absolute atomic E-state index is 13.4. The number of methoxy groups -OCH3 is 2. The number of aldehydes is 1. The number of piperazine rings is 1. The summed E-state index contributed by atoms with van der Waals surface area (Å²) in [5.41, 5.74) is 2.34. The van der Waals surface area contributed by atoms with E-state index in [1.807, 2.05) is 25.1 Å². The summed E-state index contributed by atoms with van der Waals surface area (Å²) in [6.45, 7) is 14.9. The van der Waals surface area contributed by atoms with Crippen LogP contribution in [0.2, 0.25) is 5.02 Å². The number of hydrogen-bond acceptors (Lipinski definition) is 10. The zero-order valence-electron chi connectivity index (χ0n) is 33.9. The van der Waals surface area contributed by atoms with Gasteiger partial charge in [-0.05, 0) is 119 Å². The predicted octanol–water partition coefficient (Wildman–Crippen LogP) is 5.78. The Morgan fingerprint density at radius 3 is 2.61 bits per heavy atom. The van der Waals surface area contributed by atoms with E-state index in [2.05, 4.69) is 45.8 Å². The van der Waals surface area contributed by atoms with Crippen LogP contribution in [-0.2, 0) is 36.1 Å². The normalized spacial score (nSPS) is 31.8. The van der Waals surface area contributed by atoms with Gasteiger partial charge in [0.2, 0.25) is 10.0 Å². The van der Waals surface area contributed by atoms with Crippen LogP contribution in [0.4, 0.5) is 5.69 Å². The number of allylic oxidation sites excluding steroid dienone is 1. The fourth-order valence-electron chi connectivity index (χ4n) is 9.32. The number of fused-ring (bicyclic) bond motifs is 4. The molecule has 5 aliphatic rings. The average Bonchev–Trinajstić information content (AvgIpc) is 3.31. The van der Waals surface area contributed by atoms with Crippen molar-refractivity contribution >= 4 is 39.5 Å². The maximum atomic E-state index is 13.4. The summed E-state index contributed by atoms with van der Waals surface area (Å²) in [4.78, 5) is 30.9. The molecule has 3 heterocycles. The van der Waals surface area contributed by atoms with Gasteiger partial charge in [0.05, 0.1) is 24.2 Å². The van der Waals surface area contributed by atoms with Gasteiger partial charge >= 0.3 is 0 Å². The van der Waals surface area contributed by atoms with Gasteiger partial charge in [-0.2, -0.15) is 0 Å². The van der Waals surface area contributed by atoms with Crippen molar-refractivity contribution in [2.24, 2.45) is 17.8 Å².